The zero-order chi connectivity index (χ0) is 27.9. The molecule has 1 saturated heterocycles. The van der Waals surface area contributed by atoms with Crippen LogP contribution in [0.15, 0.2) is 23.2 Å². The van der Waals surface area contributed by atoms with Crippen molar-refractivity contribution in [1.29, 1.82) is 0 Å². The number of esters is 1. The molecule has 1 aliphatic rings. The highest BCUT2D eigenvalue weighted by Gasteiger charge is 2.28. The van der Waals surface area contributed by atoms with Crippen molar-refractivity contribution in [2.24, 2.45) is 4.99 Å². The second-order valence-electron chi connectivity index (χ2n) is 8.18. The fraction of sp³-hybridized carbons (Fsp3) is 0.458. The molecule has 1 fully saturated rings. The second kappa shape index (κ2) is 12.7. The molecule has 14 heteroatoms. The van der Waals surface area contributed by atoms with Gasteiger partial charge in [-0.1, -0.05) is 17.3 Å². The van der Waals surface area contributed by atoms with E-state index in [2.05, 4.69) is 10.9 Å². The van der Waals surface area contributed by atoms with Gasteiger partial charge in [0.05, 0.1) is 35.5 Å². The summed E-state index contributed by atoms with van der Waals surface area (Å²) < 4.78 is 37.3. The number of terminal acetylenes is 1. The quantitative estimate of drug-likeness (QED) is 0.336. The first-order valence-electron chi connectivity index (χ1n) is 11.8. The van der Waals surface area contributed by atoms with E-state index in [9.17, 15) is 27.6 Å². The molecule has 1 aliphatic heterocycles. The number of hydrogen-bond donors (Lipinski definition) is 0. The average molecular weight is 565 g/mol. The first kappa shape index (κ1) is 28.9. The summed E-state index contributed by atoms with van der Waals surface area (Å²) in [7, 11) is -4.11. The first-order chi connectivity index (χ1) is 18.1. The van der Waals surface area contributed by atoms with Crippen molar-refractivity contribution >= 4 is 55.3 Å². The molecule has 38 heavy (non-hydrogen) atoms. The molecule has 0 spiro atoms. The van der Waals surface area contributed by atoms with Crippen molar-refractivity contribution in [2.75, 3.05) is 50.9 Å². The Hall–Kier alpha value is -3.70. The lowest BCUT2D eigenvalue weighted by Gasteiger charge is -2.34. The van der Waals surface area contributed by atoms with Gasteiger partial charge in [-0.25, -0.2) is 18.0 Å². The SMILES string of the molecule is C#CCn1c(=NC(=O)CS(=O)(=O)CC(=O)N2CCN(C(=O)OCC)CC2)sc2cc(C(=O)OCC)ccc21. The van der Waals surface area contributed by atoms with Gasteiger partial charge in [-0.3, -0.25) is 9.59 Å². The molecule has 2 heterocycles. The number of carbonyl (C=O) groups excluding carboxylic acids is 4. The average Bonchev–Trinajstić information content (AvgIpc) is 3.19. The summed E-state index contributed by atoms with van der Waals surface area (Å²) in [4.78, 5) is 55.9. The lowest BCUT2D eigenvalue weighted by Crippen LogP contribution is -2.52. The molecule has 3 amide bonds. The summed E-state index contributed by atoms with van der Waals surface area (Å²) in [6, 6.07) is 4.80. The minimum absolute atomic E-state index is 0.0634. The van der Waals surface area contributed by atoms with Gasteiger partial charge in [0.2, 0.25) is 5.91 Å². The molecule has 0 N–H and O–H groups in total. The third-order valence-corrected chi connectivity index (χ3v) is 7.92. The van der Waals surface area contributed by atoms with E-state index < -0.39 is 45.2 Å². The van der Waals surface area contributed by atoms with Crippen LogP contribution in [0.1, 0.15) is 24.2 Å². The minimum Gasteiger partial charge on any atom is -0.462 e. The molecule has 1 aromatic carbocycles. The number of carbonyl (C=O) groups is 4. The number of aromatic nitrogens is 1. The Labute approximate surface area is 223 Å². The number of fused-ring (bicyclic) bond motifs is 1. The second-order valence-corrected chi connectivity index (χ2v) is 11.3. The van der Waals surface area contributed by atoms with Crippen LogP contribution in [0.25, 0.3) is 10.2 Å². The van der Waals surface area contributed by atoms with Crippen LogP contribution in [0.5, 0.6) is 0 Å². The molecule has 1 aromatic heterocycles. The van der Waals surface area contributed by atoms with Gasteiger partial charge >= 0.3 is 12.1 Å². The lowest BCUT2D eigenvalue weighted by atomic mass is 10.2. The number of nitrogens with zero attached hydrogens (tertiary/aromatic N) is 4. The van der Waals surface area contributed by atoms with Gasteiger partial charge in [-0.2, -0.15) is 4.99 Å². The number of hydrogen-bond acceptors (Lipinski definition) is 9. The normalized spacial score (nSPS) is 14.3. The maximum atomic E-state index is 12.6. The highest BCUT2D eigenvalue weighted by atomic mass is 32.2. The van der Waals surface area contributed by atoms with Gasteiger partial charge in [0, 0.05) is 26.2 Å². The van der Waals surface area contributed by atoms with Gasteiger partial charge in [0.25, 0.3) is 5.91 Å². The summed E-state index contributed by atoms with van der Waals surface area (Å²) in [5.74, 6) is -1.45. The monoisotopic (exact) mass is 564 g/mol. The molecule has 0 bridgehead atoms. The fourth-order valence-corrected chi connectivity index (χ4v) is 5.94. The predicted molar refractivity (Wildman–Crippen MR) is 139 cm³/mol. The summed E-state index contributed by atoms with van der Waals surface area (Å²) in [6.07, 6.45) is 4.98. The smallest absolute Gasteiger partial charge is 0.409 e. The third-order valence-electron chi connectivity index (χ3n) is 5.51. The Bertz CT molecular complexity index is 1440. The van der Waals surface area contributed by atoms with Gasteiger partial charge in [0.1, 0.15) is 11.5 Å². The molecule has 3 rings (SSSR count). The summed E-state index contributed by atoms with van der Waals surface area (Å²) >= 11 is 1.07. The van der Waals surface area contributed by atoms with Crippen LogP contribution >= 0.6 is 11.3 Å². The van der Waals surface area contributed by atoms with Crippen LogP contribution in [-0.2, 0) is 35.4 Å². The van der Waals surface area contributed by atoms with E-state index in [0.717, 1.165) is 11.3 Å². The molecule has 204 valence electrons. The third kappa shape index (κ3) is 7.20. The number of piperazine rings is 1. The van der Waals surface area contributed by atoms with E-state index in [-0.39, 0.29) is 50.7 Å². The Morgan fingerprint density at radius 1 is 1.03 bits per heavy atom. The Balaban J connectivity index is 1.71. The molecule has 0 unspecified atom stereocenters. The molecule has 0 radical (unpaired) electrons. The summed E-state index contributed by atoms with van der Waals surface area (Å²) in [5, 5.41) is 0. The van der Waals surface area contributed by atoms with Crippen LogP contribution in [0.4, 0.5) is 4.79 Å². The zero-order valence-electron chi connectivity index (χ0n) is 21.0. The molecular weight excluding hydrogens is 536 g/mol. The van der Waals surface area contributed by atoms with E-state index in [1.807, 2.05) is 0 Å². The number of sulfone groups is 1. The number of rotatable bonds is 8. The maximum Gasteiger partial charge on any atom is 0.409 e. The van der Waals surface area contributed by atoms with Crippen molar-refractivity contribution in [1.82, 2.24) is 14.4 Å². The van der Waals surface area contributed by atoms with Crippen LogP contribution in [0.3, 0.4) is 0 Å². The Morgan fingerprint density at radius 2 is 1.68 bits per heavy atom. The standard InChI is InChI=1S/C24H28N4O8S2/c1-4-9-28-18-8-7-17(22(31)35-5-2)14-19(18)37-23(28)25-20(29)15-38(33,34)16-21(30)26-10-12-27(13-11-26)24(32)36-6-3/h1,7-8,14H,5-6,9-13,15-16H2,2-3H3. The van der Waals surface area contributed by atoms with Gasteiger partial charge in [-0.15, -0.1) is 6.42 Å². The van der Waals surface area contributed by atoms with E-state index >= 15 is 0 Å². The Morgan fingerprint density at radius 3 is 2.32 bits per heavy atom. The molecule has 0 atom stereocenters. The van der Waals surface area contributed by atoms with Gasteiger partial charge in [0.15, 0.2) is 14.6 Å². The van der Waals surface area contributed by atoms with Crippen molar-refractivity contribution in [3.05, 3.63) is 28.6 Å². The molecule has 12 nitrogen and oxygen atoms in total. The maximum absolute atomic E-state index is 12.6. The molecule has 0 saturated carbocycles. The predicted octanol–water partition coefficient (Wildman–Crippen LogP) is 0.656. The largest absolute Gasteiger partial charge is 0.462 e. The topological polar surface area (TPSA) is 145 Å². The number of thiazole rings is 1. The number of benzene rings is 1. The highest BCUT2D eigenvalue weighted by molar-refractivity contribution is 7.92. The summed E-state index contributed by atoms with van der Waals surface area (Å²) in [6.45, 7) is 4.65. The van der Waals surface area contributed by atoms with Crippen molar-refractivity contribution in [3.63, 3.8) is 0 Å². The zero-order valence-corrected chi connectivity index (χ0v) is 22.7. The van der Waals surface area contributed by atoms with Crippen LogP contribution in [-0.4, -0.2) is 97.6 Å². The molecule has 2 aromatic rings. The van der Waals surface area contributed by atoms with Crippen molar-refractivity contribution in [2.45, 2.75) is 20.4 Å². The van der Waals surface area contributed by atoms with Crippen molar-refractivity contribution in [3.8, 4) is 12.3 Å². The fourth-order valence-electron chi connectivity index (χ4n) is 3.75. The molecule has 0 aliphatic carbocycles. The van der Waals surface area contributed by atoms with Crippen LogP contribution < -0.4 is 4.80 Å². The van der Waals surface area contributed by atoms with E-state index in [1.165, 1.54) is 9.80 Å². The van der Waals surface area contributed by atoms with E-state index in [0.29, 0.717) is 15.8 Å². The highest BCUT2D eigenvalue weighted by Crippen LogP contribution is 2.20. The lowest BCUT2D eigenvalue weighted by molar-refractivity contribution is -0.130. The first-order valence-corrected chi connectivity index (χ1v) is 14.4. The van der Waals surface area contributed by atoms with Gasteiger partial charge in [-0.05, 0) is 32.0 Å². The molecular formula is C24H28N4O8S2. The van der Waals surface area contributed by atoms with Crippen LogP contribution in [0, 0.1) is 12.3 Å². The van der Waals surface area contributed by atoms with E-state index in [1.54, 1.807) is 36.6 Å². The number of amides is 3. The van der Waals surface area contributed by atoms with Crippen molar-refractivity contribution < 1.29 is 37.1 Å². The van der Waals surface area contributed by atoms with Gasteiger partial charge < -0.3 is 23.8 Å². The Kier molecular flexibility index (Phi) is 9.65. The van der Waals surface area contributed by atoms with Crippen LogP contribution in [0.2, 0.25) is 0 Å². The number of ether oxygens (including phenoxy) is 2. The minimum atomic E-state index is -4.11. The van der Waals surface area contributed by atoms with E-state index in [4.69, 9.17) is 15.9 Å². The summed E-state index contributed by atoms with van der Waals surface area (Å²) in [5.41, 5.74) is 0.933.